The largest absolute Gasteiger partial charge is 0.394 e. The van der Waals surface area contributed by atoms with E-state index in [2.05, 4.69) is 10.2 Å². The molecule has 0 bridgehead atoms. The van der Waals surface area contributed by atoms with E-state index in [9.17, 15) is 9.90 Å². The van der Waals surface area contributed by atoms with Crippen LogP contribution in [0.2, 0.25) is 0 Å². The first kappa shape index (κ1) is 13.2. The fourth-order valence-corrected chi connectivity index (χ4v) is 2.54. The third-order valence-electron chi connectivity index (χ3n) is 3.62. The lowest BCUT2D eigenvalue weighted by atomic mass is 10.2. The van der Waals surface area contributed by atoms with Crippen LogP contribution in [-0.4, -0.2) is 48.2 Å². The summed E-state index contributed by atoms with van der Waals surface area (Å²) in [5.41, 5.74) is 0.987. The summed E-state index contributed by atoms with van der Waals surface area (Å²) in [4.78, 5) is 12.5. The van der Waals surface area contributed by atoms with E-state index in [1.807, 2.05) is 6.92 Å². The Labute approximate surface area is 114 Å². The zero-order valence-corrected chi connectivity index (χ0v) is 11.2. The van der Waals surface area contributed by atoms with Gasteiger partial charge in [-0.25, -0.2) is 9.20 Å². The molecule has 1 aliphatic rings. The lowest BCUT2D eigenvalue weighted by Crippen LogP contribution is -2.31. The van der Waals surface area contributed by atoms with Crippen molar-refractivity contribution in [2.45, 2.75) is 38.7 Å². The van der Waals surface area contributed by atoms with Crippen LogP contribution in [0.1, 0.15) is 24.0 Å². The van der Waals surface area contributed by atoms with Crippen LogP contribution in [0.15, 0.2) is 11.0 Å². The summed E-state index contributed by atoms with van der Waals surface area (Å²) in [7, 11) is 0. The molecule has 0 radical (unpaired) electrons. The highest BCUT2D eigenvalue weighted by Gasteiger charge is 2.35. The fourth-order valence-electron chi connectivity index (χ4n) is 2.54. The normalized spacial score (nSPS) is 26.5. The average Bonchev–Trinajstić information content (AvgIpc) is 2.97. The Bertz CT molecular complexity index is 707. The number of rotatable bonds is 2. The summed E-state index contributed by atoms with van der Waals surface area (Å²) in [6.07, 6.45) is -0.139. The Balaban J connectivity index is 2.11. The van der Waals surface area contributed by atoms with Gasteiger partial charge in [0.2, 0.25) is 0 Å². The Morgan fingerprint density at radius 1 is 1.45 bits per heavy atom. The number of nitrogens with zero attached hydrogens (tertiary/aromatic N) is 4. The standard InChI is InChI=1S/C12H16N4O4/c1-6-4-15(10-3-8(18)9(5-17)20-10)12(19)16-7(2)13-14-11(6)16/h4,8-10,17-18H,3,5H2,1-2H3/t8-,9+,10+/m0/s1. The quantitative estimate of drug-likeness (QED) is 0.743. The van der Waals surface area contributed by atoms with Crippen molar-refractivity contribution in [1.82, 2.24) is 19.2 Å². The summed E-state index contributed by atoms with van der Waals surface area (Å²) >= 11 is 0. The first-order chi connectivity index (χ1) is 9.52. The topological polar surface area (TPSA) is 102 Å². The van der Waals surface area contributed by atoms with Crippen molar-refractivity contribution >= 4 is 5.65 Å². The first-order valence-corrected chi connectivity index (χ1v) is 6.40. The molecule has 2 N–H and O–H groups in total. The summed E-state index contributed by atoms with van der Waals surface area (Å²) in [5, 5.41) is 26.7. The van der Waals surface area contributed by atoms with Gasteiger partial charge in [-0.15, -0.1) is 10.2 Å². The number of hydrogen-bond acceptors (Lipinski definition) is 6. The summed E-state index contributed by atoms with van der Waals surface area (Å²) in [5.74, 6) is 0.500. The molecule has 20 heavy (non-hydrogen) atoms. The van der Waals surface area contributed by atoms with Gasteiger partial charge in [-0.1, -0.05) is 0 Å². The molecule has 0 amide bonds. The Hall–Kier alpha value is -1.77. The maximum Gasteiger partial charge on any atom is 0.337 e. The molecule has 0 unspecified atom stereocenters. The van der Waals surface area contributed by atoms with Crippen LogP contribution >= 0.6 is 0 Å². The van der Waals surface area contributed by atoms with Crippen LogP contribution < -0.4 is 5.69 Å². The van der Waals surface area contributed by atoms with Crippen molar-refractivity contribution in [1.29, 1.82) is 0 Å². The van der Waals surface area contributed by atoms with E-state index in [1.54, 1.807) is 13.1 Å². The lowest BCUT2D eigenvalue weighted by molar-refractivity contribution is -0.0460. The van der Waals surface area contributed by atoms with Crippen LogP contribution in [0.3, 0.4) is 0 Å². The number of aromatic nitrogens is 4. The predicted molar refractivity (Wildman–Crippen MR) is 68.3 cm³/mol. The van der Waals surface area contributed by atoms with E-state index < -0.39 is 18.4 Å². The van der Waals surface area contributed by atoms with E-state index in [0.717, 1.165) is 5.56 Å². The molecule has 3 rings (SSSR count). The minimum Gasteiger partial charge on any atom is -0.394 e. The molecule has 1 saturated heterocycles. The van der Waals surface area contributed by atoms with Crippen molar-refractivity contribution < 1.29 is 14.9 Å². The third-order valence-corrected chi connectivity index (χ3v) is 3.62. The Morgan fingerprint density at radius 2 is 2.20 bits per heavy atom. The molecule has 1 aliphatic heterocycles. The van der Waals surface area contributed by atoms with Gasteiger partial charge in [0, 0.05) is 18.2 Å². The molecule has 3 atom stereocenters. The minimum atomic E-state index is -0.782. The van der Waals surface area contributed by atoms with Crippen molar-refractivity contribution in [3.63, 3.8) is 0 Å². The molecular formula is C12H16N4O4. The first-order valence-electron chi connectivity index (χ1n) is 6.40. The number of ether oxygens (including phenoxy) is 1. The van der Waals surface area contributed by atoms with Gasteiger partial charge in [-0.05, 0) is 13.8 Å². The predicted octanol–water partition coefficient (Wildman–Crippen LogP) is -0.851. The van der Waals surface area contributed by atoms with Crippen LogP contribution in [0.25, 0.3) is 5.65 Å². The fraction of sp³-hybridized carbons (Fsp3) is 0.583. The summed E-state index contributed by atoms with van der Waals surface area (Å²) < 4.78 is 8.35. The van der Waals surface area contributed by atoms with Gasteiger partial charge in [0.15, 0.2) is 5.65 Å². The molecule has 2 aromatic rings. The van der Waals surface area contributed by atoms with Gasteiger partial charge in [-0.3, -0.25) is 4.57 Å². The molecule has 0 aromatic carbocycles. The van der Waals surface area contributed by atoms with E-state index in [0.29, 0.717) is 11.5 Å². The number of hydrogen-bond donors (Lipinski definition) is 2. The highest BCUT2D eigenvalue weighted by Crippen LogP contribution is 2.27. The van der Waals surface area contributed by atoms with Gasteiger partial charge in [0.25, 0.3) is 0 Å². The van der Waals surface area contributed by atoms with Gasteiger partial charge < -0.3 is 14.9 Å². The van der Waals surface area contributed by atoms with E-state index >= 15 is 0 Å². The molecule has 1 fully saturated rings. The van der Waals surface area contributed by atoms with Crippen LogP contribution in [0, 0.1) is 13.8 Å². The third kappa shape index (κ3) is 1.84. The molecule has 8 nitrogen and oxygen atoms in total. The van der Waals surface area contributed by atoms with Crippen LogP contribution in [-0.2, 0) is 4.74 Å². The number of aliphatic hydroxyl groups is 2. The van der Waals surface area contributed by atoms with Crippen LogP contribution in [0.4, 0.5) is 0 Å². The lowest BCUT2D eigenvalue weighted by Gasteiger charge is -2.15. The molecular weight excluding hydrogens is 264 g/mol. The highest BCUT2D eigenvalue weighted by atomic mass is 16.5. The summed E-state index contributed by atoms with van der Waals surface area (Å²) in [6.45, 7) is 3.25. The summed E-state index contributed by atoms with van der Waals surface area (Å²) in [6, 6.07) is 0. The van der Waals surface area contributed by atoms with E-state index in [4.69, 9.17) is 9.84 Å². The second-order valence-corrected chi connectivity index (χ2v) is 5.02. The van der Waals surface area contributed by atoms with Crippen molar-refractivity contribution in [2.75, 3.05) is 6.61 Å². The zero-order valence-electron chi connectivity index (χ0n) is 11.2. The van der Waals surface area contributed by atoms with Gasteiger partial charge in [-0.2, -0.15) is 0 Å². The molecule has 0 spiro atoms. The Kier molecular flexibility index (Phi) is 3.08. The van der Waals surface area contributed by atoms with E-state index in [-0.39, 0.29) is 18.7 Å². The Morgan fingerprint density at radius 3 is 2.85 bits per heavy atom. The molecule has 8 heteroatoms. The molecule has 2 aromatic heterocycles. The smallest absolute Gasteiger partial charge is 0.337 e. The monoisotopic (exact) mass is 280 g/mol. The van der Waals surface area contributed by atoms with Gasteiger partial charge >= 0.3 is 5.69 Å². The van der Waals surface area contributed by atoms with Gasteiger partial charge in [0.1, 0.15) is 18.2 Å². The zero-order chi connectivity index (χ0) is 14.4. The van der Waals surface area contributed by atoms with Crippen molar-refractivity contribution in [3.05, 3.63) is 28.1 Å². The second kappa shape index (κ2) is 4.65. The number of aryl methyl sites for hydroxylation is 2. The maximum atomic E-state index is 12.5. The number of fused-ring (bicyclic) bond motifs is 1. The second-order valence-electron chi connectivity index (χ2n) is 5.02. The highest BCUT2D eigenvalue weighted by molar-refractivity contribution is 5.44. The molecule has 0 aliphatic carbocycles. The number of aliphatic hydroxyl groups excluding tert-OH is 2. The van der Waals surface area contributed by atoms with Crippen LogP contribution in [0.5, 0.6) is 0 Å². The molecule has 108 valence electrons. The van der Waals surface area contributed by atoms with E-state index in [1.165, 1.54) is 8.97 Å². The molecule has 0 saturated carbocycles. The minimum absolute atomic E-state index is 0.261. The average molecular weight is 280 g/mol. The SMILES string of the molecule is Cc1cn([C@H]2C[C@H](O)[C@@H](CO)O2)c(=O)n2c(C)nnc12. The van der Waals surface area contributed by atoms with Crippen molar-refractivity contribution in [2.24, 2.45) is 0 Å². The van der Waals surface area contributed by atoms with Crippen molar-refractivity contribution in [3.8, 4) is 0 Å². The maximum absolute atomic E-state index is 12.5. The van der Waals surface area contributed by atoms with Gasteiger partial charge in [0.05, 0.1) is 12.7 Å². The molecule has 3 heterocycles.